The zero-order chi connectivity index (χ0) is 16.8. The molecule has 23 heavy (non-hydrogen) atoms. The van der Waals surface area contributed by atoms with E-state index < -0.39 is 10.9 Å². The minimum absolute atomic E-state index is 0.0368. The summed E-state index contributed by atoms with van der Waals surface area (Å²) >= 11 is 0. The average Bonchev–Trinajstić information content (AvgIpc) is 2.54. The van der Waals surface area contributed by atoms with E-state index in [2.05, 4.69) is 5.32 Å². The standard InChI is InChI=1S/C17H18N2O4/c1-12(7-8-13-5-3-2-4-6-13)18-16-10-9-14(19(22)23)11-15(16)17(20)21/h2-6,9-12,18H,7-8H2,1H3,(H,20,21)/t12-/m1/s1. The maximum Gasteiger partial charge on any atom is 0.338 e. The van der Waals surface area contributed by atoms with Crippen LogP contribution in [0.1, 0.15) is 29.3 Å². The largest absolute Gasteiger partial charge is 0.478 e. The van der Waals surface area contributed by atoms with Gasteiger partial charge in [-0.2, -0.15) is 0 Å². The van der Waals surface area contributed by atoms with Crippen molar-refractivity contribution in [2.45, 2.75) is 25.8 Å². The number of hydrogen-bond donors (Lipinski definition) is 2. The summed E-state index contributed by atoms with van der Waals surface area (Å²) < 4.78 is 0. The Morgan fingerprint density at radius 2 is 1.96 bits per heavy atom. The fourth-order valence-electron chi connectivity index (χ4n) is 2.31. The summed E-state index contributed by atoms with van der Waals surface area (Å²) in [6.45, 7) is 1.95. The maximum atomic E-state index is 11.3. The molecular formula is C17H18N2O4. The molecule has 2 aromatic rings. The van der Waals surface area contributed by atoms with Crippen molar-refractivity contribution in [2.75, 3.05) is 5.32 Å². The van der Waals surface area contributed by atoms with Crippen molar-refractivity contribution in [3.05, 3.63) is 69.8 Å². The van der Waals surface area contributed by atoms with Crippen LogP contribution in [0.15, 0.2) is 48.5 Å². The van der Waals surface area contributed by atoms with E-state index in [4.69, 9.17) is 0 Å². The summed E-state index contributed by atoms with van der Waals surface area (Å²) in [6, 6.07) is 13.9. The fraction of sp³-hybridized carbons (Fsp3) is 0.235. The first-order valence-corrected chi connectivity index (χ1v) is 7.29. The lowest BCUT2D eigenvalue weighted by atomic mass is 10.1. The number of nitrogens with one attached hydrogen (secondary N) is 1. The van der Waals surface area contributed by atoms with Crippen LogP contribution in [0.5, 0.6) is 0 Å². The van der Waals surface area contributed by atoms with Gasteiger partial charge in [0.1, 0.15) is 0 Å². The number of benzene rings is 2. The zero-order valence-electron chi connectivity index (χ0n) is 12.7. The number of anilines is 1. The van der Waals surface area contributed by atoms with E-state index in [9.17, 15) is 20.0 Å². The summed E-state index contributed by atoms with van der Waals surface area (Å²) in [6.07, 6.45) is 1.68. The zero-order valence-corrected chi connectivity index (χ0v) is 12.7. The molecule has 1 atom stereocenters. The second kappa shape index (κ2) is 7.40. The molecule has 2 aromatic carbocycles. The molecule has 120 valence electrons. The van der Waals surface area contributed by atoms with E-state index >= 15 is 0 Å². The van der Waals surface area contributed by atoms with Gasteiger partial charge in [0, 0.05) is 23.9 Å². The quantitative estimate of drug-likeness (QED) is 0.600. The number of aryl methyl sites for hydroxylation is 1. The fourth-order valence-corrected chi connectivity index (χ4v) is 2.31. The third kappa shape index (κ3) is 4.54. The molecule has 0 aliphatic carbocycles. The van der Waals surface area contributed by atoms with E-state index in [1.54, 1.807) is 0 Å². The van der Waals surface area contributed by atoms with E-state index in [-0.39, 0.29) is 17.3 Å². The highest BCUT2D eigenvalue weighted by Crippen LogP contribution is 2.23. The molecule has 0 saturated carbocycles. The number of nitro groups is 1. The number of carboxylic acid groups (broad SMARTS) is 1. The third-order valence-electron chi connectivity index (χ3n) is 3.56. The summed E-state index contributed by atoms with van der Waals surface area (Å²) in [5.74, 6) is -1.19. The first-order chi connectivity index (χ1) is 11.0. The number of hydrogen-bond acceptors (Lipinski definition) is 4. The molecule has 0 aliphatic rings. The lowest BCUT2D eigenvalue weighted by Crippen LogP contribution is -2.18. The topological polar surface area (TPSA) is 92.5 Å². The van der Waals surface area contributed by atoms with Crippen molar-refractivity contribution in [3.8, 4) is 0 Å². The van der Waals surface area contributed by atoms with Gasteiger partial charge >= 0.3 is 5.97 Å². The van der Waals surface area contributed by atoms with Crippen LogP contribution in [0.2, 0.25) is 0 Å². The molecule has 0 radical (unpaired) electrons. The Labute approximate surface area is 133 Å². The molecule has 2 N–H and O–H groups in total. The monoisotopic (exact) mass is 314 g/mol. The van der Waals surface area contributed by atoms with Crippen molar-refractivity contribution < 1.29 is 14.8 Å². The van der Waals surface area contributed by atoms with Gasteiger partial charge < -0.3 is 10.4 Å². The van der Waals surface area contributed by atoms with Gasteiger partial charge in [-0.1, -0.05) is 30.3 Å². The number of rotatable bonds is 7. The van der Waals surface area contributed by atoms with E-state index in [1.807, 2.05) is 37.3 Å². The molecule has 6 heteroatoms. The first kappa shape index (κ1) is 16.5. The third-order valence-corrected chi connectivity index (χ3v) is 3.56. The number of non-ortho nitro benzene ring substituents is 1. The summed E-state index contributed by atoms with van der Waals surface area (Å²) in [5, 5.41) is 23.1. The van der Waals surface area contributed by atoms with Crippen LogP contribution in [-0.2, 0) is 6.42 Å². The molecule has 2 rings (SSSR count). The summed E-state index contributed by atoms with van der Waals surface area (Å²) in [5.41, 5.74) is 1.28. The Balaban J connectivity index is 2.06. The average molecular weight is 314 g/mol. The second-order valence-corrected chi connectivity index (χ2v) is 5.36. The molecule has 0 spiro atoms. The minimum atomic E-state index is -1.19. The molecule has 0 amide bonds. The van der Waals surface area contributed by atoms with Crippen LogP contribution in [0.3, 0.4) is 0 Å². The number of carbonyl (C=O) groups is 1. The lowest BCUT2D eigenvalue weighted by Gasteiger charge is -2.17. The maximum absolute atomic E-state index is 11.3. The Bertz CT molecular complexity index is 701. The molecule has 0 aliphatic heterocycles. The molecule has 0 saturated heterocycles. The van der Waals surface area contributed by atoms with Gasteiger partial charge in [0.25, 0.3) is 5.69 Å². The van der Waals surface area contributed by atoms with Crippen molar-refractivity contribution >= 4 is 17.3 Å². The van der Waals surface area contributed by atoms with Crippen molar-refractivity contribution in [1.29, 1.82) is 0 Å². The Kier molecular flexibility index (Phi) is 5.30. The number of aromatic carboxylic acids is 1. The summed E-state index contributed by atoms with van der Waals surface area (Å²) in [7, 11) is 0. The van der Waals surface area contributed by atoms with Gasteiger partial charge in [-0.15, -0.1) is 0 Å². The van der Waals surface area contributed by atoms with Crippen molar-refractivity contribution in [1.82, 2.24) is 0 Å². The molecule has 0 unspecified atom stereocenters. The Hall–Kier alpha value is -2.89. The predicted octanol–water partition coefficient (Wildman–Crippen LogP) is 3.73. The molecular weight excluding hydrogens is 296 g/mol. The smallest absolute Gasteiger partial charge is 0.338 e. The van der Waals surface area contributed by atoms with Crippen LogP contribution >= 0.6 is 0 Å². The SMILES string of the molecule is C[C@H](CCc1ccccc1)Nc1ccc([N+](=O)[O-])cc1C(=O)O. The van der Waals surface area contributed by atoms with Gasteiger partial charge in [0.05, 0.1) is 10.5 Å². The van der Waals surface area contributed by atoms with Gasteiger partial charge in [-0.25, -0.2) is 4.79 Å². The molecule has 0 fully saturated rings. The molecule has 0 aromatic heterocycles. The lowest BCUT2D eigenvalue weighted by molar-refractivity contribution is -0.384. The van der Waals surface area contributed by atoms with E-state index in [1.165, 1.54) is 17.7 Å². The van der Waals surface area contributed by atoms with Crippen LogP contribution in [0.25, 0.3) is 0 Å². The number of nitro benzene ring substituents is 1. The van der Waals surface area contributed by atoms with E-state index in [0.29, 0.717) is 5.69 Å². The molecule has 0 bridgehead atoms. The Morgan fingerprint density at radius 3 is 2.57 bits per heavy atom. The van der Waals surface area contributed by atoms with Crippen molar-refractivity contribution in [3.63, 3.8) is 0 Å². The highest BCUT2D eigenvalue weighted by atomic mass is 16.6. The predicted molar refractivity (Wildman–Crippen MR) is 87.9 cm³/mol. The van der Waals surface area contributed by atoms with Crippen LogP contribution < -0.4 is 5.32 Å². The molecule has 6 nitrogen and oxygen atoms in total. The normalized spacial score (nSPS) is 11.7. The highest BCUT2D eigenvalue weighted by molar-refractivity contribution is 5.95. The van der Waals surface area contributed by atoms with Crippen LogP contribution in [-0.4, -0.2) is 22.0 Å². The van der Waals surface area contributed by atoms with Gasteiger partial charge in [0.2, 0.25) is 0 Å². The second-order valence-electron chi connectivity index (χ2n) is 5.36. The van der Waals surface area contributed by atoms with Gasteiger partial charge in [0.15, 0.2) is 0 Å². The van der Waals surface area contributed by atoms with Crippen LogP contribution in [0.4, 0.5) is 11.4 Å². The number of carboxylic acids is 1. The van der Waals surface area contributed by atoms with E-state index in [0.717, 1.165) is 18.9 Å². The van der Waals surface area contributed by atoms with Gasteiger partial charge in [-0.05, 0) is 31.4 Å². The highest BCUT2D eigenvalue weighted by Gasteiger charge is 2.17. The molecule has 0 heterocycles. The Morgan fingerprint density at radius 1 is 1.26 bits per heavy atom. The summed E-state index contributed by atoms with van der Waals surface area (Å²) in [4.78, 5) is 21.5. The minimum Gasteiger partial charge on any atom is -0.478 e. The van der Waals surface area contributed by atoms with Crippen molar-refractivity contribution in [2.24, 2.45) is 0 Å². The first-order valence-electron chi connectivity index (χ1n) is 7.29. The number of nitrogens with zero attached hydrogens (tertiary/aromatic N) is 1. The van der Waals surface area contributed by atoms with Crippen LogP contribution in [0, 0.1) is 10.1 Å². The van der Waals surface area contributed by atoms with Gasteiger partial charge in [-0.3, -0.25) is 10.1 Å².